The quantitative estimate of drug-likeness (QED) is 0.334. The van der Waals surface area contributed by atoms with Crippen molar-refractivity contribution in [2.75, 3.05) is 33.2 Å². The van der Waals surface area contributed by atoms with Crippen LogP contribution in [-0.2, 0) is 0 Å². The molecule has 2 N–H and O–H groups in total. The summed E-state index contributed by atoms with van der Waals surface area (Å²) in [5.74, 6) is 0.641. The van der Waals surface area contributed by atoms with E-state index in [9.17, 15) is 4.39 Å². The molecule has 0 aliphatic rings. The standard InChI is InChI=1S/C18H31FN4O.HI/c1-6-23(7-2)14(3)12-21-18(20-5)22-13-15(4)24-17-11-9-8-10-16(17)19;/h8-11,14-15H,6-7,12-13H2,1-5H3,(H2,20,21,22);1H. The van der Waals surface area contributed by atoms with Crippen LogP contribution in [0.5, 0.6) is 5.75 Å². The highest BCUT2D eigenvalue weighted by atomic mass is 127. The summed E-state index contributed by atoms with van der Waals surface area (Å²) in [6.07, 6.45) is -0.180. The third-order valence-electron chi connectivity index (χ3n) is 3.95. The minimum atomic E-state index is -0.347. The summed E-state index contributed by atoms with van der Waals surface area (Å²) < 4.78 is 19.2. The van der Waals surface area contributed by atoms with Crippen LogP contribution in [-0.4, -0.2) is 56.2 Å². The summed E-state index contributed by atoms with van der Waals surface area (Å²) in [5, 5.41) is 6.53. The smallest absolute Gasteiger partial charge is 0.191 e. The molecule has 0 saturated heterocycles. The molecule has 0 saturated carbocycles. The maximum Gasteiger partial charge on any atom is 0.191 e. The molecule has 7 heteroatoms. The second-order valence-corrected chi connectivity index (χ2v) is 5.76. The number of nitrogens with one attached hydrogen (secondary N) is 2. The number of guanidine groups is 1. The molecule has 144 valence electrons. The highest BCUT2D eigenvalue weighted by Crippen LogP contribution is 2.16. The molecule has 2 atom stereocenters. The fourth-order valence-corrected chi connectivity index (χ4v) is 2.48. The average Bonchev–Trinajstić information content (AvgIpc) is 2.58. The first kappa shape index (κ1) is 23.9. The fraction of sp³-hybridized carbons (Fsp3) is 0.611. The van der Waals surface area contributed by atoms with E-state index in [1.807, 2.05) is 6.92 Å². The van der Waals surface area contributed by atoms with Gasteiger partial charge in [0, 0.05) is 19.6 Å². The maximum atomic E-state index is 13.6. The molecule has 0 heterocycles. The lowest BCUT2D eigenvalue weighted by Gasteiger charge is -2.27. The monoisotopic (exact) mass is 466 g/mol. The Morgan fingerprint density at radius 3 is 2.32 bits per heavy atom. The predicted octanol–water partition coefficient (Wildman–Crippen LogP) is 3.11. The van der Waals surface area contributed by atoms with Crippen LogP contribution in [0.25, 0.3) is 0 Å². The van der Waals surface area contributed by atoms with Crippen molar-refractivity contribution in [1.29, 1.82) is 0 Å². The molecule has 5 nitrogen and oxygen atoms in total. The van der Waals surface area contributed by atoms with E-state index < -0.39 is 0 Å². The molecule has 0 aliphatic heterocycles. The van der Waals surface area contributed by atoms with Crippen molar-refractivity contribution >= 4 is 29.9 Å². The number of ether oxygens (including phenoxy) is 1. The Kier molecular flexibility index (Phi) is 12.6. The number of nitrogens with zero attached hydrogens (tertiary/aromatic N) is 2. The SMILES string of the molecule is CCN(CC)C(C)CNC(=NC)NCC(C)Oc1ccccc1F.I. The van der Waals surface area contributed by atoms with E-state index in [0.29, 0.717) is 12.6 Å². The maximum absolute atomic E-state index is 13.6. The Morgan fingerprint density at radius 1 is 1.16 bits per heavy atom. The van der Waals surface area contributed by atoms with E-state index in [1.165, 1.54) is 6.07 Å². The van der Waals surface area contributed by atoms with E-state index in [-0.39, 0.29) is 41.6 Å². The predicted molar refractivity (Wildman–Crippen MR) is 114 cm³/mol. The summed E-state index contributed by atoms with van der Waals surface area (Å²) in [5.41, 5.74) is 0. The van der Waals surface area contributed by atoms with Crippen molar-refractivity contribution in [2.24, 2.45) is 4.99 Å². The van der Waals surface area contributed by atoms with Crippen LogP contribution in [0.2, 0.25) is 0 Å². The van der Waals surface area contributed by atoms with E-state index in [0.717, 1.165) is 25.6 Å². The summed E-state index contributed by atoms with van der Waals surface area (Å²) in [4.78, 5) is 6.59. The minimum absolute atomic E-state index is 0. The number of hydrogen-bond donors (Lipinski definition) is 2. The largest absolute Gasteiger partial charge is 0.486 e. The Bertz CT molecular complexity index is 512. The number of hydrogen-bond acceptors (Lipinski definition) is 3. The molecule has 1 aromatic rings. The molecular formula is C18H32FIN4O. The Labute approximate surface area is 168 Å². The van der Waals surface area contributed by atoms with E-state index in [4.69, 9.17) is 4.74 Å². The lowest BCUT2D eigenvalue weighted by molar-refractivity contribution is 0.213. The number of halogens is 2. The van der Waals surface area contributed by atoms with Crippen molar-refractivity contribution in [2.45, 2.75) is 39.8 Å². The molecule has 2 unspecified atom stereocenters. The van der Waals surface area contributed by atoms with Crippen molar-refractivity contribution in [3.63, 3.8) is 0 Å². The van der Waals surface area contributed by atoms with Crippen LogP contribution in [0.1, 0.15) is 27.7 Å². The van der Waals surface area contributed by atoms with Crippen molar-refractivity contribution < 1.29 is 9.13 Å². The molecular weight excluding hydrogens is 434 g/mol. The number of para-hydroxylation sites is 1. The number of aliphatic imine (C=N–C) groups is 1. The Hall–Kier alpha value is -1.09. The first-order chi connectivity index (χ1) is 11.5. The first-order valence-corrected chi connectivity index (χ1v) is 8.61. The molecule has 0 aromatic heterocycles. The topological polar surface area (TPSA) is 48.9 Å². The molecule has 25 heavy (non-hydrogen) atoms. The van der Waals surface area contributed by atoms with Gasteiger partial charge in [0.15, 0.2) is 17.5 Å². The van der Waals surface area contributed by atoms with Crippen molar-refractivity contribution in [3.8, 4) is 5.75 Å². The van der Waals surface area contributed by atoms with Crippen LogP contribution in [0, 0.1) is 5.82 Å². The van der Waals surface area contributed by atoms with Crippen LogP contribution in [0.15, 0.2) is 29.3 Å². The van der Waals surface area contributed by atoms with Gasteiger partial charge >= 0.3 is 0 Å². The van der Waals surface area contributed by atoms with Gasteiger partial charge in [-0.05, 0) is 39.1 Å². The third kappa shape index (κ3) is 8.71. The average molecular weight is 466 g/mol. The molecule has 0 fully saturated rings. The van der Waals surface area contributed by atoms with E-state index >= 15 is 0 Å². The number of benzene rings is 1. The molecule has 1 rings (SSSR count). The third-order valence-corrected chi connectivity index (χ3v) is 3.95. The minimum Gasteiger partial charge on any atom is -0.486 e. The summed E-state index contributed by atoms with van der Waals surface area (Å²) in [6.45, 7) is 11.8. The normalized spacial score (nSPS) is 13.8. The molecule has 0 spiro atoms. The van der Waals surface area contributed by atoms with E-state index in [2.05, 4.69) is 41.3 Å². The summed E-state index contributed by atoms with van der Waals surface area (Å²) in [6, 6.07) is 6.85. The van der Waals surface area contributed by atoms with Crippen molar-refractivity contribution in [3.05, 3.63) is 30.1 Å². The fourth-order valence-electron chi connectivity index (χ4n) is 2.48. The zero-order valence-electron chi connectivity index (χ0n) is 15.9. The molecule has 0 bridgehead atoms. The molecule has 1 aromatic carbocycles. The lowest BCUT2D eigenvalue weighted by atomic mass is 10.3. The Balaban J connectivity index is 0.00000576. The molecule has 0 aliphatic carbocycles. The van der Waals surface area contributed by atoms with Gasteiger partial charge in [0.05, 0.1) is 6.54 Å². The van der Waals surface area contributed by atoms with Crippen LogP contribution < -0.4 is 15.4 Å². The van der Waals surface area contributed by atoms with Gasteiger partial charge < -0.3 is 15.4 Å². The van der Waals surface area contributed by atoms with Gasteiger partial charge in [0.1, 0.15) is 6.10 Å². The Morgan fingerprint density at radius 2 is 1.76 bits per heavy atom. The van der Waals surface area contributed by atoms with Gasteiger partial charge in [0.2, 0.25) is 0 Å². The molecule has 0 radical (unpaired) electrons. The van der Waals surface area contributed by atoms with Crippen molar-refractivity contribution in [1.82, 2.24) is 15.5 Å². The van der Waals surface area contributed by atoms with Gasteiger partial charge in [-0.3, -0.25) is 9.89 Å². The summed E-state index contributed by atoms with van der Waals surface area (Å²) >= 11 is 0. The van der Waals surface area contributed by atoms with Crippen LogP contribution >= 0.6 is 24.0 Å². The highest BCUT2D eigenvalue weighted by Gasteiger charge is 2.12. The zero-order valence-corrected chi connectivity index (χ0v) is 18.2. The van der Waals surface area contributed by atoms with Gasteiger partial charge in [0.25, 0.3) is 0 Å². The summed E-state index contributed by atoms with van der Waals surface area (Å²) in [7, 11) is 1.74. The lowest BCUT2D eigenvalue weighted by Crippen LogP contribution is -2.47. The van der Waals surface area contributed by atoms with Crippen LogP contribution in [0.3, 0.4) is 0 Å². The second kappa shape index (κ2) is 13.2. The van der Waals surface area contributed by atoms with Gasteiger partial charge in [-0.25, -0.2) is 4.39 Å². The van der Waals surface area contributed by atoms with Gasteiger partial charge in [-0.1, -0.05) is 26.0 Å². The number of rotatable bonds is 9. The van der Waals surface area contributed by atoms with Crippen LogP contribution in [0.4, 0.5) is 4.39 Å². The highest BCUT2D eigenvalue weighted by molar-refractivity contribution is 14.0. The van der Waals surface area contributed by atoms with Gasteiger partial charge in [-0.2, -0.15) is 0 Å². The first-order valence-electron chi connectivity index (χ1n) is 8.61. The van der Waals surface area contributed by atoms with E-state index in [1.54, 1.807) is 25.2 Å². The zero-order chi connectivity index (χ0) is 17.9. The van der Waals surface area contributed by atoms with Gasteiger partial charge in [-0.15, -0.1) is 24.0 Å². The second-order valence-electron chi connectivity index (χ2n) is 5.76. The number of likely N-dealkylation sites (N-methyl/N-ethyl adjacent to an activating group) is 1. The molecule has 0 amide bonds.